The third kappa shape index (κ3) is 2.15. The topological polar surface area (TPSA) is 47.6 Å². The lowest BCUT2D eigenvalue weighted by molar-refractivity contribution is -0.0293. The zero-order valence-corrected chi connectivity index (χ0v) is 8.51. The Morgan fingerprint density at radius 1 is 1.69 bits per heavy atom. The molecule has 13 heavy (non-hydrogen) atoms. The van der Waals surface area contributed by atoms with Crippen molar-refractivity contribution in [3.8, 4) is 0 Å². The number of rotatable bonds is 4. The summed E-state index contributed by atoms with van der Waals surface area (Å²) in [6.07, 6.45) is 5.56. The quantitative estimate of drug-likeness (QED) is 0.702. The van der Waals surface area contributed by atoms with Gasteiger partial charge in [0.25, 0.3) is 0 Å². The van der Waals surface area contributed by atoms with Crippen molar-refractivity contribution in [3.63, 3.8) is 0 Å². The molecule has 1 unspecified atom stereocenters. The molecule has 1 N–H and O–H groups in total. The monoisotopic (exact) mass is 201 g/mol. The molecule has 0 spiro atoms. The van der Waals surface area contributed by atoms with Gasteiger partial charge < -0.3 is 10.1 Å². The van der Waals surface area contributed by atoms with Crippen LogP contribution in [0.4, 0.5) is 0 Å². The second-order valence-electron chi connectivity index (χ2n) is 2.73. The molecule has 72 valence electrons. The highest BCUT2D eigenvalue weighted by Crippen LogP contribution is 2.22. The Hall–Kier alpha value is -0.700. The Morgan fingerprint density at radius 2 is 2.46 bits per heavy atom. The first-order chi connectivity index (χ1) is 6.25. The van der Waals surface area contributed by atoms with Crippen LogP contribution >= 0.6 is 8.69 Å². The van der Waals surface area contributed by atoms with Crippen molar-refractivity contribution in [3.05, 3.63) is 23.9 Å². The van der Waals surface area contributed by atoms with Crippen molar-refractivity contribution < 1.29 is 13.8 Å². The summed E-state index contributed by atoms with van der Waals surface area (Å²) in [5.41, 5.74) is 0.313. The van der Waals surface area contributed by atoms with Crippen molar-refractivity contribution in [2.45, 2.75) is 12.6 Å². The summed E-state index contributed by atoms with van der Waals surface area (Å²) in [5, 5.41) is 3.03. The van der Waals surface area contributed by atoms with E-state index in [9.17, 15) is 4.57 Å². The molecule has 0 bridgehead atoms. The van der Waals surface area contributed by atoms with Crippen LogP contribution in [-0.2, 0) is 13.8 Å². The average Bonchev–Trinajstić information content (AvgIpc) is 2.17. The summed E-state index contributed by atoms with van der Waals surface area (Å²) < 4.78 is 20.3. The third-order valence-corrected chi connectivity index (χ3v) is 2.30. The van der Waals surface area contributed by atoms with Crippen LogP contribution in [0.1, 0.15) is 6.92 Å². The molecule has 5 heteroatoms. The van der Waals surface area contributed by atoms with Crippen molar-refractivity contribution in [2.75, 3.05) is 13.7 Å². The van der Waals surface area contributed by atoms with Crippen molar-refractivity contribution in [2.24, 2.45) is 0 Å². The molecule has 0 saturated heterocycles. The van der Waals surface area contributed by atoms with E-state index in [1.165, 1.54) is 0 Å². The van der Waals surface area contributed by atoms with Crippen molar-refractivity contribution in [1.82, 2.24) is 5.32 Å². The maximum Gasteiger partial charge on any atom is 0.327 e. The molecule has 0 fully saturated rings. The highest BCUT2D eigenvalue weighted by atomic mass is 31.1. The SMILES string of the molecule is COC1(COP=O)NC=CC=C1C. The van der Waals surface area contributed by atoms with Gasteiger partial charge in [0.1, 0.15) is 6.61 Å². The summed E-state index contributed by atoms with van der Waals surface area (Å²) in [6.45, 7) is 2.13. The molecule has 1 heterocycles. The van der Waals surface area contributed by atoms with Crippen LogP contribution in [0.3, 0.4) is 0 Å². The van der Waals surface area contributed by atoms with Crippen LogP contribution in [0, 0.1) is 0 Å². The van der Waals surface area contributed by atoms with Crippen molar-refractivity contribution in [1.29, 1.82) is 0 Å². The summed E-state index contributed by atoms with van der Waals surface area (Å²) in [5.74, 6) is 0. The standard InChI is InChI=1S/C8H12NO3P/c1-7-4-3-5-9-8(7,11-2)6-12-13-10/h3-5,9H,6H2,1-2H3. The van der Waals surface area contributed by atoms with Gasteiger partial charge in [-0.3, -0.25) is 4.52 Å². The lowest BCUT2D eigenvalue weighted by Gasteiger charge is -2.34. The van der Waals surface area contributed by atoms with Gasteiger partial charge in [0.2, 0.25) is 0 Å². The van der Waals surface area contributed by atoms with E-state index in [-0.39, 0.29) is 15.3 Å². The summed E-state index contributed by atoms with van der Waals surface area (Å²) >= 11 is 0. The molecule has 0 saturated carbocycles. The molecule has 1 aliphatic rings. The van der Waals surface area contributed by atoms with Gasteiger partial charge in [0, 0.05) is 7.11 Å². The Labute approximate surface area is 78.9 Å². The molecule has 0 aromatic carbocycles. The molecule has 1 rings (SSSR count). The normalized spacial score (nSPS) is 27.1. The van der Waals surface area contributed by atoms with Gasteiger partial charge in [-0.15, -0.1) is 0 Å². The highest BCUT2D eigenvalue weighted by Gasteiger charge is 2.32. The minimum atomic E-state index is -0.674. The van der Waals surface area contributed by atoms with E-state index >= 15 is 0 Å². The first-order valence-electron chi connectivity index (χ1n) is 3.86. The minimum absolute atomic E-state index is 0.210. The fraction of sp³-hybridized carbons (Fsp3) is 0.500. The number of hydrogen-bond acceptors (Lipinski definition) is 4. The second kappa shape index (κ2) is 4.51. The van der Waals surface area contributed by atoms with Gasteiger partial charge in [0.15, 0.2) is 5.72 Å². The zero-order valence-electron chi connectivity index (χ0n) is 7.61. The van der Waals surface area contributed by atoms with Gasteiger partial charge in [-0.25, -0.2) is 4.57 Å². The van der Waals surface area contributed by atoms with E-state index in [1.54, 1.807) is 13.3 Å². The van der Waals surface area contributed by atoms with E-state index in [0.29, 0.717) is 0 Å². The summed E-state index contributed by atoms with van der Waals surface area (Å²) in [7, 11) is 1.24. The van der Waals surface area contributed by atoms with Crippen LogP contribution in [0.2, 0.25) is 0 Å². The molecule has 0 amide bonds. The average molecular weight is 201 g/mol. The first-order valence-corrected chi connectivity index (χ1v) is 4.59. The summed E-state index contributed by atoms with van der Waals surface area (Å²) in [4.78, 5) is 0. The largest absolute Gasteiger partial charge is 0.358 e. The molecular weight excluding hydrogens is 189 g/mol. The van der Waals surface area contributed by atoms with Gasteiger partial charge in [-0.2, -0.15) is 0 Å². The number of ether oxygens (including phenoxy) is 1. The Balaban J connectivity index is 2.74. The number of hydrogen-bond donors (Lipinski definition) is 1. The Bertz CT molecular complexity index is 252. The van der Waals surface area contributed by atoms with Crippen LogP contribution < -0.4 is 5.32 Å². The van der Waals surface area contributed by atoms with Crippen LogP contribution in [-0.4, -0.2) is 19.4 Å². The minimum Gasteiger partial charge on any atom is -0.358 e. The van der Waals surface area contributed by atoms with Gasteiger partial charge in [-0.1, -0.05) is 6.08 Å². The lowest BCUT2D eigenvalue weighted by atomic mass is 10.0. The fourth-order valence-electron chi connectivity index (χ4n) is 1.18. The van der Waals surface area contributed by atoms with Gasteiger partial charge in [0.05, 0.1) is 0 Å². The maximum absolute atomic E-state index is 10.2. The predicted octanol–water partition coefficient (Wildman–Crippen LogP) is 1.62. The number of allylic oxidation sites excluding steroid dienone is 2. The number of nitrogens with one attached hydrogen (secondary N) is 1. The highest BCUT2D eigenvalue weighted by molar-refractivity contribution is 7.17. The molecule has 1 atom stereocenters. The summed E-state index contributed by atoms with van der Waals surface area (Å²) in [6, 6.07) is 0. The van der Waals surface area contributed by atoms with E-state index in [2.05, 4.69) is 5.32 Å². The zero-order chi connectivity index (χ0) is 9.73. The first kappa shape index (κ1) is 10.4. The number of methoxy groups -OCH3 is 1. The molecule has 1 aliphatic heterocycles. The van der Waals surface area contributed by atoms with E-state index in [4.69, 9.17) is 9.26 Å². The van der Waals surface area contributed by atoms with E-state index in [1.807, 2.05) is 19.1 Å². The molecule has 0 radical (unpaired) electrons. The molecular formula is C8H12NO3P. The van der Waals surface area contributed by atoms with Crippen LogP contribution in [0.25, 0.3) is 0 Å². The molecule has 0 aromatic rings. The molecule has 0 aromatic heterocycles. The molecule has 0 aliphatic carbocycles. The molecule has 4 nitrogen and oxygen atoms in total. The number of dihydropyridines is 1. The Kier molecular flexibility index (Phi) is 3.60. The fourth-order valence-corrected chi connectivity index (χ4v) is 1.41. The second-order valence-corrected chi connectivity index (χ2v) is 3.14. The lowest BCUT2D eigenvalue weighted by Crippen LogP contribution is -2.50. The van der Waals surface area contributed by atoms with Crippen LogP contribution in [0.5, 0.6) is 0 Å². The smallest absolute Gasteiger partial charge is 0.327 e. The van der Waals surface area contributed by atoms with Crippen molar-refractivity contribution >= 4 is 8.69 Å². The Morgan fingerprint density at radius 3 is 3.00 bits per heavy atom. The van der Waals surface area contributed by atoms with Crippen LogP contribution in [0.15, 0.2) is 23.9 Å². The van der Waals surface area contributed by atoms with Gasteiger partial charge in [-0.05, 0) is 24.8 Å². The maximum atomic E-state index is 10.2. The third-order valence-electron chi connectivity index (χ3n) is 2.06. The van der Waals surface area contributed by atoms with E-state index in [0.717, 1.165) is 5.57 Å². The van der Waals surface area contributed by atoms with E-state index < -0.39 is 5.72 Å². The predicted molar refractivity (Wildman–Crippen MR) is 49.3 cm³/mol. The van der Waals surface area contributed by atoms with Gasteiger partial charge >= 0.3 is 8.69 Å².